The van der Waals surface area contributed by atoms with Crippen molar-refractivity contribution in [2.45, 2.75) is 23.6 Å². The van der Waals surface area contributed by atoms with Crippen LogP contribution in [-0.4, -0.2) is 25.5 Å². The number of alkyl halides is 2. The molecule has 0 heterocycles. The van der Waals surface area contributed by atoms with E-state index in [2.05, 4.69) is 11.0 Å². The Kier molecular flexibility index (Phi) is 6.84. The molecule has 0 amide bonds. The summed E-state index contributed by atoms with van der Waals surface area (Å²) < 4.78 is 13.4. The van der Waals surface area contributed by atoms with E-state index < -0.39 is 4.87 Å². The van der Waals surface area contributed by atoms with Crippen molar-refractivity contribution in [1.29, 1.82) is 5.26 Å². The SMILES string of the molecule is CN(C)CCCC(Cl)(c1ccc(F)cc1)c1ccc(C#N)cc1CCl. The molecule has 132 valence electrons. The van der Waals surface area contributed by atoms with Crippen molar-refractivity contribution in [2.24, 2.45) is 0 Å². The number of nitrogens with zero attached hydrogens (tertiary/aromatic N) is 2. The van der Waals surface area contributed by atoms with Gasteiger partial charge in [0.15, 0.2) is 0 Å². The summed E-state index contributed by atoms with van der Waals surface area (Å²) in [6.45, 7) is 0.891. The van der Waals surface area contributed by atoms with Gasteiger partial charge in [0.1, 0.15) is 5.82 Å². The van der Waals surface area contributed by atoms with Gasteiger partial charge in [0.05, 0.1) is 16.5 Å². The second kappa shape index (κ2) is 8.67. The van der Waals surface area contributed by atoms with Crippen molar-refractivity contribution in [1.82, 2.24) is 4.90 Å². The molecular formula is C20H21Cl2FN2. The van der Waals surface area contributed by atoms with Crippen LogP contribution >= 0.6 is 23.2 Å². The molecule has 2 nitrogen and oxygen atoms in total. The van der Waals surface area contributed by atoms with Gasteiger partial charge in [-0.25, -0.2) is 4.39 Å². The molecular weight excluding hydrogens is 358 g/mol. The normalized spacial score (nSPS) is 13.5. The molecule has 25 heavy (non-hydrogen) atoms. The molecule has 0 aliphatic carbocycles. The molecule has 0 bridgehead atoms. The highest BCUT2D eigenvalue weighted by Crippen LogP contribution is 2.43. The third-order valence-corrected chi connectivity index (χ3v) is 5.13. The molecule has 0 aliphatic heterocycles. The predicted octanol–water partition coefficient (Wildman–Crippen LogP) is 5.26. The molecule has 0 fully saturated rings. The third-order valence-electron chi connectivity index (χ3n) is 4.23. The van der Waals surface area contributed by atoms with E-state index in [1.807, 2.05) is 20.2 Å². The Balaban J connectivity index is 2.51. The Morgan fingerprint density at radius 3 is 2.40 bits per heavy atom. The van der Waals surface area contributed by atoms with E-state index in [4.69, 9.17) is 28.5 Å². The average Bonchev–Trinajstić information content (AvgIpc) is 2.61. The van der Waals surface area contributed by atoms with E-state index in [1.54, 1.807) is 24.3 Å². The smallest absolute Gasteiger partial charge is 0.123 e. The van der Waals surface area contributed by atoms with Crippen molar-refractivity contribution in [2.75, 3.05) is 20.6 Å². The van der Waals surface area contributed by atoms with E-state index >= 15 is 0 Å². The minimum atomic E-state index is -0.818. The van der Waals surface area contributed by atoms with Gasteiger partial charge in [0.25, 0.3) is 0 Å². The van der Waals surface area contributed by atoms with Crippen LogP contribution in [0, 0.1) is 17.1 Å². The maximum Gasteiger partial charge on any atom is 0.123 e. The van der Waals surface area contributed by atoms with Crippen LogP contribution in [0.25, 0.3) is 0 Å². The van der Waals surface area contributed by atoms with Gasteiger partial charge in [-0.15, -0.1) is 23.2 Å². The van der Waals surface area contributed by atoms with Crippen molar-refractivity contribution in [3.63, 3.8) is 0 Å². The summed E-state index contributed by atoms with van der Waals surface area (Å²) in [5.41, 5.74) is 3.06. The van der Waals surface area contributed by atoms with Crippen LogP contribution in [0.2, 0.25) is 0 Å². The first-order chi connectivity index (χ1) is 11.9. The number of rotatable bonds is 7. The lowest BCUT2D eigenvalue weighted by molar-refractivity contribution is 0.384. The molecule has 2 aromatic carbocycles. The molecule has 1 unspecified atom stereocenters. The topological polar surface area (TPSA) is 27.0 Å². The van der Waals surface area contributed by atoms with Crippen molar-refractivity contribution < 1.29 is 4.39 Å². The molecule has 0 saturated heterocycles. The van der Waals surface area contributed by atoms with Crippen LogP contribution in [0.3, 0.4) is 0 Å². The van der Waals surface area contributed by atoms with Crippen LogP contribution in [0.5, 0.6) is 0 Å². The molecule has 2 rings (SSSR count). The van der Waals surface area contributed by atoms with E-state index in [0.29, 0.717) is 12.0 Å². The minimum absolute atomic E-state index is 0.258. The Morgan fingerprint density at radius 1 is 1.16 bits per heavy atom. The van der Waals surface area contributed by atoms with Gasteiger partial charge < -0.3 is 4.90 Å². The number of nitriles is 1. The predicted molar refractivity (Wildman–Crippen MR) is 102 cm³/mol. The fourth-order valence-corrected chi connectivity index (χ4v) is 3.61. The Bertz CT molecular complexity index is 753. The number of hydrogen-bond acceptors (Lipinski definition) is 2. The van der Waals surface area contributed by atoms with E-state index in [-0.39, 0.29) is 11.7 Å². The molecule has 0 saturated carbocycles. The Morgan fingerprint density at radius 2 is 1.84 bits per heavy atom. The van der Waals surface area contributed by atoms with Crippen molar-refractivity contribution in [3.8, 4) is 6.07 Å². The van der Waals surface area contributed by atoms with Crippen LogP contribution in [0.15, 0.2) is 42.5 Å². The van der Waals surface area contributed by atoms with E-state index in [0.717, 1.165) is 29.7 Å². The van der Waals surface area contributed by atoms with Crippen molar-refractivity contribution in [3.05, 3.63) is 70.5 Å². The lowest BCUT2D eigenvalue weighted by atomic mass is 9.83. The summed E-state index contributed by atoms with van der Waals surface area (Å²) >= 11 is 13.3. The second-order valence-electron chi connectivity index (χ2n) is 6.33. The summed E-state index contributed by atoms with van der Waals surface area (Å²) in [5, 5.41) is 9.13. The Labute approximate surface area is 158 Å². The number of halogens is 3. The summed E-state index contributed by atoms with van der Waals surface area (Å²) in [6.07, 6.45) is 1.55. The highest BCUT2D eigenvalue weighted by molar-refractivity contribution is 6.26. The zero-order valence-corrected chi connectivity index (χ0v) is 15.9. The standard InChI is InChI=1S/C20H21Cl2FN2/c1-25(2)11-3-10-20(22,17-5-7-18(23)8-6-17)19-9-4-15(14-24)12-16(19)13-21/h4-9,12H,3,10-11,13H2,1-2H3. The van der Waals surface area contributed by atoms with Gasteiger partial charge in [-0.05, 0) is 74.4 Å². The Hall–Kier alpha value is -1.60. The van der Waals surface area contributed by atoms with Gasteiger partial charge in [-0.3, -0.25) is 0 Å². The zero-order valence-electron chi connectivity index (χ0n) is 14.4. The molecule has 0 radical (unpaired) electrons. The van der Waals surface area contributed by atoms with Gasteiger partial charge >= 0.3 is 0 Å². The van der Waals surface area contributed by atoms with E-state index in [9.17, 15) is 4.39 Å². The second-order valence-corrected chi connectivity index (χ2v) is 7.24. The number of hydrogen-bond donors (Lipinski definition) is 0. The monoisotopic (exact) mass is 378 g/mol. The fraction of sp³-hybridized carbons (Fsp3) is 0.350. The van der Waals surface area contributed by atoms with Crippen LogP contribution in [0.4, 0.5) is 4.39 Å². The molecule has 2 aromatic rings. The average molecular weight is 379 g/mol. The summed E-state index contributed by atoms with van der Waals surface area (Å²) in [7, 11) is 4.03. The summed E-state index contributed by atoms with van der Waals surface area (Å²) in [5.74, 6) is -0.0396. The van der Waals surface area contributed by atoms with Gasteiger partial charge in [0, 0.05) is 5.88 Å². The molecule has 0 aliphatic rings. The highest BCUT2D eigenvalue weighted by Gasteiger charge is 2.33. The zero-order chi connectivity index (χ0) is 18.4. The maximum absolute atomic E-state index is 13.4. The molecule has 0 N–H and O–H groups in total. The van der Waals surface area contributed by atoms with Crippen LogP contribution in [-0.2, 0) is 10.8 Å². The minimum Gasteiger partial charge on any atom is -0.309 e. The summed E-state index contributed by atoms with van der Waals surface area (Å²) in [6, 6.07) is 13.8. The lowest BCUT2D eigenvalue weighted by Crippen LogP contribution is -2.25. The first-order valence-corrected chi connectivity index (χ1v) is 9.01. The van der Waals surface area contributed by atoms with E-state index in [1.165, 1.54) is 12.1 Å². The molecule has 0 aromatic heterocycles. The first-order valence-electron chi connectivity index (χ1n) is 8.10. The van der Waals surface area contributed by atoms with Gasteiger partial charge in [-0.1, -0.05) is 18.2 Å². The fourth-order valence-electron chi connectivity index (χ4n) is 2.95. The largest absolute Gasteiger partial charge is 0.309 e. The van der Waals surface area contributed by atoms with Crippen LogP contribution in [0.1, 0.15) is 35.1 Å². The lowest BCUT2D eigenvalue weighted by Gasteiger charge is -2.31. The number of benzene rings is 2. The maximum atomic E-state index is 13.4. The van der Waals surface area contributed by atoms with Gasteiger partial charge in [-0.2, -0.15) is 5.26 Å². The van der Waals surface area contributed by atoms with Gasteiger partial charge in [0.2, 0.25) is 0 Å². The third kappa shape index (κ3) is 4.73. The van der Waals surface area contributed by atoms with Crippen LogP contribution < -0.4 is 0 Å². The summed E-state index contributed by atoms with van der Waals surface area (Å²) in [4.78, 5) is 1.28. The molecule has 0 spiro atoms. The van der Waals surface area contributed by atoms with Crippen molar-refractivity contribution >= 4 is 23.2 Å². The first kappa shape index (κ1) is 19.7. The highest BCUT2D eigenvalue weighted by atomic mass is 35.5. The molecule has 5 heteroatoms. The molecule has 1 atom stereocenters. The quantitative estimate of drug-likeness (QED) is 0.614.